The lowest BCUT2D eigenvalue weighted by Crippen LogP contribution is -2.40. The van der Waals surface area contributed by atoms with E-state index in [1.165, 1.54) is 0 Å². The molecular formula is C14H18ClNO2. The number of halogens is 1. The van der Waals surface area contributed by atoms with Crippen LogP contribution in [0.1, 0.15) is 31.2 Å². The van der Waals surface area contributed by atoms with E-state index in [2.05, 4.69) is 4.90 Å². The molecule has 0 radical (unpaired) electrons. The Morgan fingerprint density at radius 2 is 2.28 bits per heavy atom. The normalized spacial score (nSPS) is 19.9. The Morgan fingerprint density at radius 3 is 2.94 bits per heavy atom. The molecule has 1 aliphatic heterocycles. The minimum atomic E-state index is -0.731. The zero-order valence-corrected chi connectivity index (χ0v) is 11.3. The van der Waals surface area contributed by atoms with Gasteiger partial charge in [0.2, 0.25) is 0 Å². The van der Waals surface area contributed by atoms with Crippen LogP contribution in [0, 0.1) is 6.92 Å². The van der Waals surface area contributed by atoms with E-state index in [1.54, 1.807) is 0 Å². The summed E-state index contributed by atoms with van der Waals surface area (Å²) in [5.41, 5.74) is 2.09. The van der Waals surface area contributed by atoms with Crippen molar-refractivity contribution >= 4 is 23.3 Å². The Bertz CT molecular complexity index is 447. The number of nitrogens with zero attached hydrogens (tertiary/aromatic N) is 1. The van der Waals surface area contributed by atoms with Crippen LogP contribution in [0.25, 0.3) is 0 Å². The Hall–Kier alpha value is -1.22. The molecule has 1 fully saturated rings. The predicted molar refractivity (Wildman–Crippen MR) is 73.4 cm³/mol. The maximum atomic E-state index is 10.9. The molecule has 1 atom stereocenters. The van der Waals surface area contributed by atoms with Crippen LogP contribution in [0.5, 0.6) is 0 Å². The van der Waals surface area contributed by atoms with Crippen LogP contribution in [0.4, 0.5) is 5.69 Å². The third-order valence-corrected chi connectivity index (χ3v) is 3.93. The van der Waals surface area contributed by atoms with E-state index in [0.29, 0.717) is 0 Å². The molecule has 1 N–H and O–H groups in total. The highest BCUT2D eigenvalue weighted by Gasteiger charge is 2.25. The summed E-state index contributed by atoms with van der Waals surface area (Å²) in [5, 5.41) is 9.72. The van der Waals surface area contributed by atoms with Gasteiger partial charge in [0, 0.05) is 23.3 Å². The lowest BCUT2D eigenvalue weighted by atomic mass is 9.98. The second-order valence-electron chi connectivity index (χ2n) is 4.87. The first-order valence-corrected chi connectivity index (χ1v) is 6.70. The molecule has 3 nitrogen and oxygen atoms in total. The van der Waals surface area contributed by atoms with Gasteiger partial charge in [0.15, 0.2) is 0 Å². The van der Waals surface area contributed by atoms with Gasteiger partial charge in [-0.05, 0) is 43.9 Å². The molecule has 98 valence electrons. The number of carboxylic acid groups (broad SMARTS) is 1. The minimum Gasteiger partial charge on any atom is -0.481 e. The topological polar surface area (TPSA) is 40.5 Å². The number of piperidine rings is 1. The van der Waals surface area contributed by atoms with Crippen molar-refractivity contribution in [1.82, 2.24) is 0 Å². The molecule has 1 aromatic carbocycles. The van der Waals surface area contributed by atoms with E-state index < -0.39 is 5.97 Å². The van der Waals surface area contributed by atoms with E-state index in [0.717, 1.165) is 42.1 Å². The highest BCUT2D eigenvalue weighted by Crippen LogP contribution is 2.29. The predicted octanol–water partition coefficient (Wildman–Crippen LogP) is 3.48. The Morgan fingerprint density at radius 1 is 1.50 bits per heavy atom. The van der Waals surface area contributed by atoms with Crippen molar-refractivity contribution in [2.24, 2.45) is 0 Å². The average Bonchev–Trinajstić information content (AvgIpc) is 2.33. The fourth-order valence-corrected chi connectivity index (χ4v) is 2.69. The van der Waals surface area contributed by atoms with Crippen LogP contribution in [0.15, 0.2) is 18.2 Å². The first-order valence-electron chi connectivity index (χ1n) is 6.32. The van der Waals surface area contributed by atoms with E-state index in [-0.39, 0.29) is 12.5 Å². The standard InChI is InChI=1S/C14H18ClNO2/c1-10-5-6-12(8-13(10)15)16-7-3-2-4-11(16)9-14(17)18/h5-6,8,11H,2-4,7,9H2,1H3,(H,17,18). The fourth-order valence-electron chi connectivity index (χ4n) is 2.51. The monoisotopic (exact) mass is 267 g/mol. The van der Waals surface area contributed by atoms with Crippen LogP contribution in [0.3, 0.4) is 0 Å². The highest BCUT2D eigenvalue weighted by atomic mass is 35.5. The SMILES string of the molecule is Cc1ccc(N2CCCCC2CC(=O)O)cc1Cl. The third-order valence-electron chi connectivity index (χ3n) is 3.52. The quantitative estimate of drug-likeness (QED) is 0.911. The van der Waals surface area contributed by atoms with E-state index in [9.17, 15) is 4.79 Å². The molecule has 1 aromatic rings. The van der Waals surface area contributed by atoms with Gasteiger partial charge < -0.3 is 10.0 Å². The number of carboxylic acids is 1. The maximum Gasteiger partial charge on any atom is 0.305 e. The molecule has 0 spiro atoms. The largest absolute Gasteiger partial charge is 0.481 e. The van der Waals surface area contributed by atoms with Crippen LogP contribution >= 0.6 is 11.6 Å². The minimum absolute atomic E-state index is 0.0926. The van der Waals surface area contributed by atoms with Crippen LogP contribution in [0.2, 0.25) is 5.02 Å². The summed E-state index contributed by atoms with van der Waals surface area (Å²) < 4.78 is 0. The molecule has 0 aliphatic carbocycles. The summed E-state index contributed by atoms with van der Waals surface area (Å²) in [4.78, 5) is 13.1. The molecule has 1 saturated heterocycles. The van der Waals surface area contributed by atoms with Gasteiger partial charge in [-0.3, -0.25) is 4.79 Å². The highest BCUT2D eigenvalue weighted by molar-refractivity contribution is 6.31. The van der Waals surface area contributed by atoms with Gasteiger partial charge in [0.25, 0.3) is 0 Å². The number of benzene rings is 1. The molecule has 2 rings (SSSR count). The molecule has 1 unspecified atom stereocenters. The Labute approximate surface area is 112 Å². The Kier molecular flexibility index (Phi) is 4.12. The number of aryl methyl sites for hydroxylation is 1. The van der Waals surface area contributed by atoms with Crippen molar-refractivity contribution in [1.29, 1.82) is 0 Å². The maximum absolute atomic E-state index is 10.9. The van der Waals surface area contributed by atoms with Gasteiger partial charge in [-0.25, -0.2) is 0 Å². The van der Waals surface area contributed by atoms with Crippen molar-refractivity contribution in [2.75, 3.05) is 11.4 Å². The first kappa shape index (κ1) is 13.2. The zero-order chi connectivity index (χ0) is 13.1. The summed E-state index contributed by atoms with van der Waals surface area (Å²) in [6.07, 6.45) is 3.36. The van der Waals surface area contributed by atoms with Crippen molar-refractivity contribution in [3.63, 3.8) is 0 Å². The van der Waals surface area contributed by atoms with E-state index in [4.69, 9.17) is 16.7 Å². The zero-order valence-electron chi connectivity index (χ0n) is 10.5. The van der Waals surface area contributed by atoms with Crippen LogP contribution < -0.4 is 4.90 Å². The average molecular weight is 268 g/mol. The van der Waals surface area contributed by atoms with E-state index in [1.807, 2.05) is 25.1 Å². The van der Waals surface area contributed by atoms with E-state index >= 15 is 0 Å². The van der Waals surface area contributed by atoms with Gasteiger partial charge in [-0.1, -0.05) is 17.7 Å². The van der Waals surface area contributed by atoms with Gasteiger partial charge in [0.1, 0.15) is 0 Å². The number of rotatable bonds is 3. The number of anilines is 1. The lowest BCUT2D eigenvalue weighted by Gasteiger charge is -2.37. The second-order valence-corrected chi connectivity index (χ2v) is 5.28. The van der Waals surface area contributed by atoms with Gasteiger partial charge in [-0.15, -0.1) is 0 Å². The smallest absolute Gasteiger partial charge is 0.305 e. The number of hydrogen-bond acceptors (Lipinski definition) is 2. The van der Waals surface area contributed by atoms with Crippen LogP contribution in [-0.2, 0) is 4.79 Å². The fraction of sp³-hybridized carbons (Fsp3) is 0.500. The molecule has 0 bridgehead atoms. The molecule has 0 saturated carbocycles. The lowest BCUT2D eigenvalue weighted by molar-refractivity contribution is -0.137. The van der Waals surface area contributed by atoms with Crippen molar-refractivity contribution in [3.8, 4) is 0 Å². The number of hydrogen-bond donors (Lipinski definition) is 1. The Balaban J connectivity index is 2.22. The molecule has 0 amide bonds. The first-order chi connectivity index (χ1) is 8.58. The van der Waals surface area contributed by atoms with Gasteiger partial charge in [-0.2, -0.15) is 0 Å². The van der Waals surface area contributed by atoms with Crippen molar-refractivity contribution in [2.45, 2.75) is 38.6 Å². The summed E-state index contributed by atoms with van der Waals surface area (Å²) in [5.74, 6) is -0.731. The summed E-state index contributed by atoms with van der Waals surface area (Å²) in [6.45, 7) is 2.88. The second kappa shape index (κ2) is 5.61. The molecule has 18 heavy (non-hydrogen) atoms. The molecule has 4 heteroatoms. The number of carbonyl (C=O) groups is 1. The van der Waals surface area contributed by atoms with Gasteiger partial charge in [0.05, 0.1) is 6.42 Å². The van der Waals surface area contributed by atoms with Gasteiger partial charge >= 0.3 is 5.97 Å². The van der Waals surface area contributed by atoms with Crippen molar-refractivity contribution in [3.05, 3.63) is 28.8 Å². The summed E-state index contributed by atoms with van der Waals surface area (Å²) in [6, 6.07) is 6.05. The summed E-state index contributed by atoms with van der Waals surface area (Å²) >= 11 is 6.14. The van der Waals surface area contributed by atoms with Crippen molar-refractivity contribution < 1.29 is 9.90 Å². The molecule has 1 heterocycles. The molecular weight excluding hydrogens is 250 g/mol. The summed E-state index contributed by atoms with van der Waals surface area (Å²) in [7, 11) is 0. The molecule has 0 aromatic heterocycles. The van der Waals surface area contributed by atoms with Crippen LogP contribution in [-0.4, -0.2) is 23.7 Å². The molecule has 1 aliphatic rings. The number of aliphatic carboxylic acids is 1. The third kappa shape index (κ3) is 2.96.